The molecule has 1 heterocycles. The van der Waals surface area contributed by atoms with Gasteiger partial charge in [-0.3, -0.25) is 4.68 Å². The van der Waals surface area contributed by atoms with Crippen LogP contribution in [0.3, 0.4) is 0 Å². The topological polar surface area (TPSA) is 43.8 Å². The maximum absolute atomic E-state index is 5.65. The summed E-state index contributed by atoms with van der Waals surface area (Å²) in [6.45, 7) is 2.92. The molecule has 15 heavy (non-hydrogen) atoms. The average molecular weight is 266 g/mol. The van der Waals surface area contributed by atoms with Crippen LogP contribution in [0.2, 0.25) is 0 Å². The van der Waals surface area contributed by atoms with E-state index >= 15 is 0 Å². The molecular formula is C11H12BrN3. The van der Waals surface area contributed by atoms with Crippen molar-refractivity contribution in [3.05, 3.63) is 34.9 Å². The summed E-state index contributed by atoms with van der Waals surface area (Å²) in [5, 5.41) is 4.27. The van der Waals surface area contributed by atoms with E-state index in [9.17, 15) is 0 Å². The highest BCUT2D eigenvalue weighted by molar-refractivity contribution is 9.10. The molecule has 0 amide bonds. The highest BCUT2D eigenvalue weighted by Gasteiger charge is 2.09. The Kier molecular flexibility index (Phi) is 2.77. The molecule has 4 heteroatoms. The fourth-order valence-electron chi connectivity index (χ4n) is 1.53. The average Bonchev–Trinajstić information content (AvgIpc) is 2.61. The van der Waals surface area contributed by atoms with Crippen LogP contribution in [-0.4, -0.2) is 9.78 Å². The van der Waals surface area contributed by atoms with Gasteiger partial charge in [0.05, 0.1) is 16.4 Å². The zero-order valence-corrected chi connectivity index (χ0v) is 10.0. The molecule has 0 aliphatic carbocycles. The van der Waals surface area contributed by atoms with Crippen molar-refractivity contribution in [3.63, 3.8) is 0 Å². The van der Waals surface area contributed by atoms with E-state index in [4.69, 9.17) is 5.73 Å². The molecule has 78 valence electrons. The van der Waals surface area contributed by atoms with Gasteiger partial charge >= 0.3 is 0 Å². The van der Waals surface area contributed by atoms with Crippen molar-refractivity contribution in [1.29, 1.82) is 0 Å². The number of nitrogens with zero attached hydrogens (tertiary/aromatic N) is 2. The lowest BCUT2D eigenvalue weighted by atomic mass is 10.1. The molecule has 1 aromatic carbocycles. The summed E-state index contributed by atoms with van der Waals surface area (Å²) in [5.74, 6) is 0. The maximum atomic E-state index is 5.65. The fraction of sp³-hybridized carbons (Fsp3) is 0.182. The number of aromatic nitrogens is 2. The number of halogens is 1. The maximum Gasteiger partial charge on any atom is 0.0824 e. The van der Waals surface area contributed by atoms with Crippen LogP contribution >= 0.6 is 15.9 Å². The SMILES string of the molecule is CCn1ncc(Br)c1-c1ccc(N)cc1. The number of nitrogens with two attached hydrogens (primary N) is 1. The molecule has 0 unspecified atom stereocenters. The Morgan fingerprint density at radius 2 is 2.00 bits per heavy atom. The summed E-state index contributed by atoms with van der Waals surface area (Å²) >= 11 is 3.50. The molecule has 2 aromatic rings. The van der Waals surface area contributed by atoms with Gasteiger partial charge in [-0.1, -0.05) is 12.1 Å². The second kappa shape index (κ2) is 4.06. The largest absolute Gasteiger partial charge is 0.399 e. The number of hydrogen-bond acceptors (Lipinski definition) is 2. The molecular weight excluding hydrogens is 254 g/mol. The minimum absolute atomic E-state index is 0.775. The van der Waals surface area contributed by atoms with Crippen LogP contribution in [0, 0.1) is 0 Å². The Bertz CT molecular complexity index is 459. The predicted octanol–water partition coefficient (Wildman–Crippen LogP) is 2.91. The lowest BCUT2D eigenvalue weighted by molar-refractivity contribution is 0.667. The lowest BCUT2D eigenvalue weighted by Crippen LogP contribution is -1.99. The Morgan fingerprint density at radius 3 is 2.60 bits per heavy atom. The van der Waals surface area contributed by atoms with Crippen molar-refractivity contribution in [2.45, 2.75) is 13.5 Å². The van der Waals surface area contributed by atoms with Crippen molar-refractivity contribution in [1.82, 2.24) is 9.78 Å². The summed E-state index contributed by atoms with van der Waals surface area (Å²) in [6, 6.07) is 7.80. The van der Waals surface area contributed by atoms with Crippen molar-refractivity contribution in [2.75, 3.05) is 5.73 Å². The molecule has 0 aliphatic rings. The van der Waals surface area contributed by atoms with E-state index in [1.807, 2.05) is 35.1 Å². The fourth-order valence-corrected chi connectivity index (χ4v) is 2.06. The zero-order valence-electron chi connectivity index (χ0n) is 8.44. The molecule has 0 spiro atoms. The number of benzene rings is 1. The van der Waals surface area contributed by atoms with E-state index in [-0.39, 0.29) is 0 Å². The molecule has 0 bridgehead atoms. The number of anilines is 1. The third-order valence-corrected chi connectivity index (χ3v) is 2.86. The number of rotatable bonds is 2. The molecule has 0 fully saturated rings. The summed E-state index contributed by atoms with van der Waals surface area (Å²) in [7, 11) is 0. The molecule has 0 saturated carbocycles. The zero-order chi connectivity index (χ0) is 10.8. The van der Waals surface area contributed by atoms with E-state index in [0.29, 0.717) is 0 Å². The number of aryl methyl sites for hydroxylation is 1. The highest BCUT2D eigenvalue weighted by atomic mass is 79.9. The smallest absolute Gasteiger partial charge is 0.0824 e. The monoisotopic (exact) mass is 265 g/mol. The van der Waals surface area contributed by atoms with Crippen molar-refractivity contribution in [3.8, 4) is 11.3 Å². The van der Waals surface area contributed by atoms with E-state index < -0.39 is 0 Å². The van der Waals surface area contributed by atoms with Crippen LogP contribution in [-0.2, 0) is 6.54 Å². The predicted molar refractivity (Wildman–Crippen MR) is 65.4 cm³/mol. The first-order valence-electron chi connectivity index (χ1n) is 4.79. The van der Waals surface area contributed by atoms with Gasteiger partial charge in [-0.2, -0.15) is 5.10 Å². The van der Waals surface area contributed by atoms with Gasteiger partial charge in [0.2, 0.25) is 0 Å². The van der Waals surface area contributed by atoms with Gasteiger partial charge in [0.1, 0.15) is 0 Å². The van der Waals surface area contributed by atoms with Gasteiger partial charge in [0.15, 0.2) is 0 Å². The molecule has 0 saturated heterocycles. The van der Waals surface area contributed by atoms with Gasteiger partial charge in [0, 0.05) is 17.8 Å². The van der Waals surface area contributed by atoms with Crippen molar-refractivity contribution < 1.29 is 0 Å². The molecule has 0 radical (unpaired) electrons. The summed E-state index contributed by atoms with van der Waals surface area (Å²) in [4.78, 5) is 0. The molecule has 1 aromatic heterocycles. The van der Waals surface area contributed by atoms with Crippen LogP contribution in [0.1, 0.15) is 6.92 Å². The standard InChI is InChI=1S/C11H12BrN3/c1-2-15-11(10(12)7-14-15)8-3-5-9(13)6-4-8/h3-7H,2,13H2,1H3. The molecule has 0 atom stereocenters. The van der Waals surface area contributed by atoms with E-state index in [0.717, 1.165) is 28.0 Å². The highest BCUT2D eigenvalue weighted by Crippen LogP contribution is 2.28. The second-order valence-corrected chi connectivity index (χ2v) is 4.13. The summed E-state index contributed by atoms with van der Waals surface area (Å²) in [5.41, 5.74) is 8.65. The Morgan fingerprint density at radius 1 is 1.33 bits per heavy atom. The first-order chi connectivity index (χ1) is 7.22. The van der Waals surface area contributed by atoms with Gasteiger partial charge in [-0.15, -0.1) is 0 Å². The normalized spacial score (nSPS) is 10.5. The third kappa shape index (κ3) is 1.90. The molecule has 2 N–H and O–H groups in total. The van der Waals surface area contributed by atoms with Gasteiger partial charge in [-0.25, -0.2) is 0 Å². The second-order valence-electron chi connectivity index (χ2n) is 3.28. The van der Waals surface area contributed by atoms with E-state index in [1.54, 1.807) is 0 Å². The number of hydrogen-bond donors (Lipinski definition) is 1. The Hall–Kier alpha value is -1.29. The van der Waals surface area contributed by atoms with Gasteiger partial charge < -0.3 is 5.73 Å². The Balaban J connectivity index is 2.52. The van der Waals surface area contributed by atoms with Crippen LogP contribution in [0.5, 0.6) is 0 Å². The van der Waals surface area contributed by atoms with Crippen LogP contribution in [0.15, 0.2) is 34.9 Å². The molecule has 0 aliphatic heterocycles. The summed E-state index contributed by atoms with van der Waals surface area (Å²) in [6.07, 6.45) is 1.81. The van der Waals surface area contributed by atoms with E-state index in [1.165, 1.54) is 0 Å². The number of nitrogen functional groups attached to an aromatic ring is 1. The van der Waals surface area contributed by atoms with Crippen LogP contribution in [0.4, 0.5) is 5.69 Å². The van der Waals surface area contributed by atoms with Crippen molar-refractivity contribution >= 4 is 21.6 Å². The molecule has 3 nitrogen and oxygen atoms in total. The Labute approximate surface area is 97.0 Å². The summed E-state index contributed by atoms with van der Waals surface area (Å²) < 4.78 is 2.96. The first kappa shape index (κ1) is 10.2. The quantitative estimate of drug-likeness (QED) is 0.849. The minimum atomic E-state index is 0.775. The van der Waals surface area contributed by atoms with Gasteiger partial charge in [-0.05, 0) is 35.0 Å². The van der Waals surface area contributed by atoms with E-state index in [2.05, 4.69) is 28.0 Å². The van der Waals surface area contributed by atoms with Crippen LogP contribution in [0.25, 0.3) is 11.3 Å². The van der Waals surface area contributed by atoms with Crippen LogP contribution < -0.4 is 5.73 Å². The lowest BCUT2D eigenvalue weighted by Gasteiger charge is -2.05. The molecule has 2 rings (SSSR count). The minimum Gasteiger partial charge on any atom is -0.399 e. The third-order valence-electron chi connectivity index (χ3n) is 2.28. The first-order valence-corrected chi connectivity index (χ1v) is 5.59. The van der Waals surface area contributed by atoms with Crippen molar-refractivity contribution in [2.24, 2.45) is 0 Å². The van der Waals surface area contributed by atoms with Gasteiger partial charge in [0.25, 0.3) is 0 Å².